The molecule has 0 spiro atoms. The molecule has 0 unspecified atom stereocenters. The molecule has 0 bridgehead atoms. The summed E-state index contributed by atoms with van der Waals surface area (Å²) >= 11 is 0. The van der Waals surface area contributed by atoms with Crippen molar-refractivity contribution >= 4 is 22.8 Å². The average Bonchev–Trinajstić information content (AvgIpc) is 2.93. The minimum Gasteiger partial charge on any atom is -0.497 e. The fraction of sp³-hybridized carbons (Fsp3) is 0.444. The number of methoxy groups -OCH3 is 1. The highest BCUT2D eigenvalue weighted by molar-refractivity contribution is 5.98. The lowest BCUT2D eigenvalue weighted by Crippen LogP contribution is -2.09. The van der Waals surface area contributed by atoms with Crippen molar-refractivity contribution in [3.8, 4) is 5.75 Å². The van der Waals surface area contributed by atoms with Crippen molar-refractivity contribution in [2.45, 2.75) is 33.1 Å². The van der Waals surface area contributed by atoms with Crippen LogP contribution in [0, 0.1) is 0 Å². The number of aromatic amines is 1. The fourth-order valence-corrected chi connectivity index (χ4v) is 2.64. The number of hydrogen-bond acceptors (Lipinski definition) is 5. The highest BCUT2D eigenvalue weighted by atomic mass is 16.5. The van der Waals surface area contributed by atoms with Gasteiger partial charge in [0, 0.05) is 17.9 Å². The predicted octanol–water partition coefficient (Wildman–Crippen LogP) is 3.24. The summed E-state index contributed by atoms with van der Waals surface area (Å²) in [6.07, 6.45) is 1.50. The van der Waals surface area contributed by atoms with Crippen LogP contribution in [0.3, 0.4) is 0 Å². The second kappa shape index (κ2) is 8.38. The Morgan fingerprint density at radius 3 is 2.54 bits per heavy atom. The van der Waals surface area contributed by atoms with Crippen molar-refractivity contribution in [1.29, 1.82) is 0 Å². The molecule has 0 amide bonds. The van der Waals surface area contributed by atoms with Gasteiger partial charge in [-0.15, -0.1) is 0 Å². The van der Waals surface area contributed by atoms with Crippen LogP contribution in [-0.2, 0) is 20.7 Å². The molecule has 0 saturated carbocycles. The van der Waals surface area contributed by atoms with Crippen LogP contribution in [0.1, 0.15) is 42.7 Å². The Labute approximate surface area is 141 Å². The molecule has 0 saturated heterocycles. The van der Waals surface area contributed by atoms with Gasteiger partial charge < -0.3 is 19.2 Å². The van der Waals surface area contributed by atoms with Crippen molar-refractivity contribution in [2.24, 2.45) is 0 Å². The first-order valence-corrected chi connectivity index (χ1v) is 8.12. The molecule has 0 aliphatic carbocycles. The van der Waals surface area contributed by atoms with E-state index in [0.717, 1.165) is 16.5 Å². The quantitative estimate of drug-likeness (QED) is 0.750. The van der Waals surface area contributed by atoms with Gasteiger partial charge in [0.05, 0.1) is 25.8 Å². The van der Waals surface area contributed by atoms with Crippen LogP contribution in [-0.4, -0.2) is 37.2 Å². The topological polar surface area (TPSA) is 77.6 Å². The lowest BCUT2D eigenvalue weighted by molar-refractivity contribution is -0.143. The number of aromatic nitrogens is 1. The molecule has 2 rings (SSSR count). The predicted molar refractivity (Wildman–Crippen MR) is 90.4 cm³/mol. The Morgan fingerprint density at radius 2 is 1.88 bits per heavy atom. The molecule has 0 atom stereocenters. The standard InChI is InChI=1S/C18H23NO5/c1-4-23-16(20)8-6-7-14-13-10-9-12(22-3)11-15(13)19-17(14)18(21)24-5-2/h9-11,19H,4-8H2,1-3H3. The molecule has 1 aromatic carbocycles. The lowest BCUT2D eigenvalue weighted by Gasteiger charge is -2.05. The number of aryl methyl sites for hydroxylation is 1. The molecule has 130 valence electrons. The molecule has 0 fully saturated rings. The molecular weight excluding hydrogens is 310 g/mol. The average molecular weight is 333 g/mol. The largest absolute Gasteiger partial charge is 0.497 e. The van der Waals surface area contributed by atoms with Gasteiger partial charge in [-0.25, -0.2) is 4.79 Å². The van der Waals surface area contributed by atoms with E-state index in [1.54, 1.807) is 21.0 Å². The van der Waals surface area contributed by atoms with Crippen LogP contribution in [0.15, 0.2) is 18.2 Å². The Morgan fingerprint density at radius 1 is 1.12 bits per heavy atom. The van der Waals surface area contributed by atoms with Gasteiger partial charge in [-0.2, -0.15) is 0 Å². The number of carbonyl (C=O) groups is 2. The first kappa shape index (κ1) is 17.8. The molecule has 1 N–H and O–H groups in total. The summed E-state index contributed by atoms with van der Waals surface area (Å²) in [5.74, 6) is 0.0905. The highest BCUT2D eigenvalue weighted by Crippen LogP contribution is 2.28. The number of rotatable bonds is 8. The summed E-state index contributed by atoms with van der Waals surface area (Å²) in [4.78, 5) is 26.8. The van der Waals surface area contributed by atoms with E-state index in [1.165, 1.54) is 0 Å². The maximum atomic E-state index is 12.2. The van der Waals surface area contributed by atoms with E-state index < -0.39 is 0 Å². The molecule has 0 aliphatic rings. The molecule has 2 aromatic rings. The van der Waals surface area contributed by atoms with Gasteiger partial charge in [-0.05, 0) is 44.4 Å². The number of ether oxygens (including phenoxy) is 3. The van der Waals surface area contributed by atoms with Crippen LogP contribution in [0.5, 0.6) is 5.75 Å². The van der Waals surface area contributed by atoms with Gasteiger partial charge in [0.2, 0.25) is 0 Å². The maximum Gasteiger partial charge on any atom is 0.355 e. The van der Waals surface area contributed by atoms with Gasteiger partial charge in [0.25, 0.3) is 0 Å². The molecule has 1 aromatic heterocycles. The van der Waals surface area contributed by atoms with E-state index in [0.29, 0.717) is 43.9 Å². The molecule has 6 nitrogen and oxygen atoms in total. The van der Waals surface area contributed by atoms with Crippen molar-refractivity contribution in [2.75, 3.05) is 20.3 Å². The third kappa shape index (κ3) is 4.07. The van der Waals surface area contributed by atoms with E-state index in [9.17, 15) is 9.59 Å². The van der Waals surface area contributed by atoms with Crippen molar-refractivity contribution < 1.29 is 23.8 Å². The first-order chi connectivity index (χ1) is 11.6. The third-order valence-corrected chi connectivity index (χ3v) is 3.71. The number of benzene rings is 1. The summed E-state index contributed by atoms with van der Waals surface area (Å²) in [5.41, 5.74) is 2.10. The highest BCUT2D eigenvalue weighted by Gasteiger charge is 2.19. The van der Waals surface area contributed by atoms with Crippen molar-refractivity contribution in [3.63, 3.8) is 0 Å². The van der Waals surface area contributed by atoms with E-state index in [1.807, 2.05) is 18.2 Å². The summed E-state index contributed by atoms with van der Waals surface area (Å²) < 4.78 is 15.3. The number of H-pyrrole nitrogens is 1. The summed E-state index contributed by atoms with van der Waals surface area (Å²) in [5, 5.41) is 0.933. The Balaban J connectivity index is 2.28. The first-order valence-electron chi connectivity index (χ1n) is 8.12. The second-order valence-corrected chi connectivity index (χ2v) is 5.27. The molecular formula is C18H23NO5. The Kier molecular flexibility index (Phi) is 6.23. The zero-order valence-corrected chi connectivity index (χ0v) is 14.3. The Hall–Kier alpha value is -2.50. The van der Waals surface area contributed by atoms with Crippen LogP contribution < -0.4 is 4.74 Å². The zero-order valence-electron chi connectivity index (χ0n) is 14.3. The minimum absolute atomic E-state index is 0.225. The Bertz CT molecular complexity index is 720. The molecule has 1 heterocycles. The smallest absolute Gasteiger partial charge is 0.355 e. The number of carbonyl (C=O) groups excluding carboxylic acids is 2. The second-order valence-electron chi connectivity index (χ2n) is 5.27. The molecule has 0 radical (unpaired) electrons. The number of fused-ring (bicyclic) bond motifs is 1. The van der Waals surface area contributed by atoms with Gasteiger partial charge in [-0.3, -0.25) is 4.79 Å². The maximum absolute atomic E-state index is 12.2. The van der Waals surface area contributed by atoms with Gasteiger partial charge in [0.1, 0.15) is 11.4 Å². The molecule has 0 aliphatic heterocycles. The third-order valence-electron chi connectivity index (χ3n) is 3.71. The normalized spacial score (nSPS) is 10.6. The van der Waals surface area contributed by atoms with Gasteiger partial charge >= 0.3 is 11.9 Å². The summed E-state index contributed by atoms with van der Waals surface area (Å²) in [6, 6.07) is 5.60. The number of nitrogens with one attached hydrogen (secondary N) is 1. The monoisotopic (exact) mass is 333 g/mol. The molecule has 6 heteroatoms. The van der Waals surface area contributed by atoms with Crippen molar-refractivity contribution in [3.05, 3.63) is 29.5 Å². The summed E-state index contributed by atoms with van der Waals surface area (Å²) in [6.45, 7) is 4.23. The lowest BCUT2D eigenvalue weighted by atomic mass is 10.0. The number of hydrogen-bond donors (Lipinski definition) is 1. The van der Waals surface area contributed by atoms with Crippen LogP contribution in [0.25, 0.3) is 10.9 Å². The van der Waals surface area contributed by atoms with E-state index in [-0.39, 0.29) is 11.9 Å². The zero-order chi connectivity index (χ0) is 17.5. The van der Waals surface area contributed by atoms with Crippen molar-refractivity contribution in [1.82, 2.24) is 4.98 Å². The van der Waals surface area contributed by atoms with E-state index >= 15 is 0 Å². The van der Waals surface area contributed by atoms with Crippen LogP contribution in [0.4, 0.5) is 0 Å². The van der Waals surface area contributed by atoms with Crippen LogP contribution in [0.2, 0.25) is 0 Å². The summed E-state index contributed by atoms with van der Waals surface area (Å²) in [7, 11) is 1.59. The van der Waals surface area contributed by atoms with Gasteiger partial charge in [0.15, 0.2) is 0 Å². The SMILES string of the molecule is CCOC(=O)CCCc1c(C(=O)OCC)[nH]c2cc(OC)ccc12. The number of esters is 2. The van der Waals surface area contributed by atoms with E-state index in [4.69, 9.17) is 14.2 Å². The molecule has 24 heavy (non-hydrogen) atoms. The fourth-order valence-electron chi connectivity index (χ4n) is 2.64. The minimum atomic E-state index is -0.390. The van der Waals surface area contributed by atoms with E-state index in [2.05, 4.69) is 4.98 Å². The van der Waals surface area contributed by atoms with Gasteiger partial charge in [-0.1, -0.05) is 0 Å². The van der Waals surface area contributed by atoms with Crippen LogP contribution >= 0.6 is 0 Å².